The molecule has 0 radical (unpaired) electrons. The zero-order valence-corrected chi connectivity index (χ0v) is 13.5. The lowest BCUT2D eigenvalue weighted by Gasteiger charge is -2.19. The van der Waals surface area contributed by atoms with Gasteiger partial charge in [0.2, 0.25) is 17.7 Å². The van der Waals surface area contributed by atoms with Crippen LogP contribution in [-0.2, 0) is 14.4 Å². The molecule has 0 aromatic heterocycles. The van der Waals surface area contributed by atoms with Crippen LogP contribution >= 0.6 is 0 Å². The second kappa shape index (κ2) is 5.68. The zero-order valence-electron chi connectivity index (χ0n) is 13.5. The predicted octanol–water partition coefficient (Wildman–Crippen LogP) is 1.35. The number of nitrogens with zero attached hydrogens (tertiary/aromatic N) is 1. The maximum atomic E-state index is 12.6. The minimum Gasteiger partial charge on any atom is -0.478 e. The smallest absolute Gasteiger partial charge is 0.335 e. The molecule has 2 aliphatic carbocycles. The van der Waals surface area contributed by atoms with E-state index in [0.29, 0.717) is 17.5 Å². The standard InChI is InChI=1S/C18H18N2O5/c21-13(19-12-5-3-9(4-6-12)18(24)25)8-20-16(22)14-10-1-2-11(7-10)15(14)17(20)23/h3-6,10-11,14-15H,1-2,7-8H2,(H,19,21)(H,24,25)/t10-,11-,14-,15-/m0/s1. The van der Waals surface area contributed by atoms with Crippen molar-refractivity contribution in [2.45, 2.75) is 19.3 Å². The lowest BCUT2D eigenvalue weighted by molar-refractivity contribution is -0.143. The molecular formula is C18H18N2O5. The number of rotatable bonds is 4. The molecule has 130 valence electrons. The molecule has 1 aromatic carbocycles. The third-order valence-electron chi connectivity index (χ3n) is 5.74. The number of carboxylic acids is 1. The van der Waals surface area contributed by atoms with E-state index in [9.17, 15) is 19.2 Å². The summed E-state index contributed by atoms with van der Waals surface area (Å²) in [5.41, 5.74) is 0.542. The van der Waals surface area contributed by atoms with E-state index in [1.54, 1.807) is 0 Å². The van der Waals surface area contributed by atoms with Crippen LogP contribution in [0.4, 0.5) is 5.69 Å². The number of carbonyl (C=O) groups is 4. The van der Waals surface area contributed by atoms with Gasteiger partial charge in [-0.1, -0.05) is 0 Å². The van der Waals surface area contributed by atoms with Crippen LogP contribution in [0.25, 0.3) is 0 Å². The summed E-state index contributed by atoms with van der Waals surface area (Å²) in [6.45, 7) is -0.287. The predicted molar refractivity (Wildman–Crippen MR) is 86.6 cm³/mol. The number of amides is 3. The van der Waals surface area contributed by atoms with Crippen molar-refractivity contribution in [3.8, 4) is 0 Å². The first kappa shape index (κ1) is 15.8. The quantitative estimate of drug-likeness (QED) is 0.804. The molecule has 25 heavy (non-hydrogen) atoms. The van der Waals surface area contributed by atoms with Crippen molar-refractivity contribution < 1.29 is 24.3 Å². The highest BCUT2D eigenvalue weighted by molar-refractivity contribution is 6.09. The summed E-state index contributed by atoms with van der Waals surface area (Å²) >= 11 is 0. The number of carboxylic acid groups (broad SMARTS) is 1. The minimum atomic E-state index is -1.05. The van der Waals surface area contributed by atoms with Crippen molar-refractivity contribution in [2.24, 2.45) is 23.7 Å². The number of nitrogens with one attached hydrogen (secondary N) is 1. The molecule has 7 nitrogen and oxygen atoms in total. The van der Waals surface area contributed by atoms with Crippen molar-refractivity contribution in [3.05, 3.63) is 29.8 Å². The average molecular weight is 342 g/mol. The number of aromatic carboxylic acids is 1. The Morgan fingerprint density at radius 1 is 1.04 bits per heavy atom. The van der Waals surface area contributed by atoms with Crippen molar-refractivity contribution in [3.63, 3.8) is 0 Å². The Kier molecular flexibility index (Phi) is 3.59. The molecule has 7 heteroatoms. The fraction of sp³-hybridized carbons (Fsp3) is 0.444. The molecule has 1 aliphatic heterocycles. The number of likely N-dealkylation sites (tertiary alicyclic amines) is 1. The third-order valence-corrected chi connectivity index (χ3v) is 5.74. The summed E-state index contributed by atoms with van der Waals surface area (Å²) in [7, 11) is 0. The number of imide groups is 1. The maximum absolute atomic E-state index is 12.6. The monoisotopic (exact) mass is 342 g/mol. The first-order valence-corrected chi connectivity index (χ1v) is 8.44. The first-order chi connectivity index (χ1) is 12.0. The number of hydrogen-bond acceptors (Lipinski definition) is 4. The second-order valence-corrected chi connectivity index (χ2v) is 7.08. The third kappa shape index (κ3) is 2.50. The van der Waals surface area contributed by atoms with Gasteiger partial charge in [-0.15, -0.1) is 0 Å². The topological polar surface area (TPSA) is 104 Å². The van der Waals surface area contributed by atoms with Gasteiger partial charge in [-0.3, -0.25) is 19.3 Å². The van der Waals surface area contributed by atoms with Crippen LogP contribution in [0.5, 0.6) is 0 Å². The van der Waals surface area contributed by atoms with Crippen LogP contribution in [0.3, 0.4) is 0 Å². The van der Waals surface area contributed by atoms with E-state index in [0.717, 1.165) is 24.2 Å². The number of benzene rings is 1. The summed E-state index contributed by atoms with van der Waals surface area (Å²) < 4.78 is 0. The van der Waals surface area contributed by atoms with E-state index in [4.69, 9.17) is 5.11 Å². The molecule has 0 spiro atoms. The Morgan fingerprint density at radius 3 is 2.12 bits per heavy atom. The average Bonchev–Trinajstić information content (AvgIpc) is 3.25. The number of hydrogen-bond donors (Lipinski definition) is 2. The lowest BCUT2D eigenvalue weighted by Crippen LogP contribution is -2.39. The summed E-state index contributed by atoms with van der Waals surface area (Å²) in [6, 6.07) is 5.71. The van der Waals surface area contributed by atoms with Gasteiger partial charge in [-0.05, 0) is 55.4 Å². The van der Waals surface area contributed by atoms with E-state index in [-0.39, 0.29) is 35.8 Å². The lowest BCUT2D eigenvalue weighted by atomic mass is 9.81. The van der Waals surface area contributed by atoms with E-state index in [2.05, 4.69) is 5.32 Å². The summed E-state index contributed by atoms with van der Waals surface area (Å²) in [5.74, 6) is -1.80. The highest BCUT2D eigenvalue weighted by atomic mass is 16.4. The van der Waals surface area contributed by atoms with Crippen molar-refractivity contribution in [1.29, 1.82) is 0 Å². The van der Waals surface area contributed by atoms with Gasteiger partial charge in [-0.25, -0.2) is 4.79 Å². The summed E-state index contributed by atoms with van der Waals surface area (Å²) in [4.78, 5) is 49.2. The van der Waals surface area contributed by atoms with Gasteiger partial charge in [0, 0.05) is 5.69 Å². The van der Waals surface area contributed by atoms with Gasteiger partial charge in [0.05, 0.1) is 17.4 Å². The van der Waals surface area contributed by atoms with Gasteiger partial charge in [0.1, 0.15) is 6.54 Å². The maximum Gasteiger partial charge on any atom is 0.335 e. The van der Waals surface area contributed by atoms with E-state index in [1.165, 1.54) is 24.3 Å². The van der Waals surface area contributed by atoms with Crippen molar-refractivity contribution >= 4 is 29.4 Å². The van der Waals surface area contributed by atoms with Gasteiger partial charge in [0.25, 0.3) is 0 Å². The van der Waals surface area contributed by atoms with Crippen LogP contribution < -0.4 is 5.32 Å². The first-order valence-electron chi connectivity index (χ1n) is 8.44. The normalized spacial score (nSPS) is 29.8. The molecule has 2 saturated carbocycles. The van der Waals surface area contributed by atoms with Crippen LogP contribution in [0, 0.1) is 23.7 Å². The van der Waals surface area contributed by atoms with Crippen LogP contribution in [-0.4, -0.2) is 40.2 Å². The summed E-state index contributed by atoms with van der Waals surface area (Å²) in [6.07, 6.45) is 2.96. The minimum absolute atomic E-state index is 0.117. The van der Waals surface area contributed by atoms with Gasteiger partial charge >= 0.3 is 5.97 Å². The molecule has 0 unspecified atom stereocenters. The second-order valence-electron chi connectivity index (χ2n) is 7.08. The van der Waals surface area contributed by atoms with Crippen LogP contribution in [0.1, 0.15) is 29.6 Å². The van der Waals surface area contributed by atoms with Gasteiger partial charge in [-0.2, -0.15) is 0 Å². The van der Waals surface area contributed by atoms with Crippen molar-refractivity contribution in [2.75, 3.05) is 11.9 Å². The zero-order chi connectivity index (χ0) is 17.7. The Morgan fingerprint density at radius 2 is 1.60 bits per heavy atom. The Bertz CT molecular complexity index is 744. The number of anilines is 1. The molecule has 1 aromatic rings. The molecule has 3 amide bonds. The molecule has 2 N–H and O–H groups in total. The SMILES string of the molecule is O=C(CN1C(=O)[C@H]2[C@H]3CC[C@@H](C3)[C@@H]2C1=O)Nc1ccc(C(=O)O)cc1. The molecule has 1 saturated heterocycles. The Balaban J connectivity index is 1.42. The largest absolute Gasteiger partial charge is 0.478 e. The number of carbonyl (C=O) groups excluding carboxylic acids is 3. The molecular weight excluding hydrogens is 324 g/mol. The fourth-order valence-corrected chi connectivity index (χ4v) is 4.67. The van der Waals surface area contributed by atoms with E-state index in [1.807, 2.05) is 0 Å². The highest BCUT2D eigenvalue weighted by Gasteiger charge is 2.60. The fourth-order valence-electron chi connectivity index (χ4n) is 4.67. The van der Waals surface area contributed by atoms with Crippen LogP contribution in [0.2, 0.25) is 0 Å². The van der Waals surface area contributed by atoms with E-state index >= 15 is 0 Å². The molecule has 3 fully saturated rings. The van der Waals surface area contributed by atoms with Crippen LogP contribution in [0.15, 0.2) is 24.3 Å². The van der Waals surface area contributed by atoms with Crippen molar-refractivity contribution in [1.82, 2.24) is 4.90 Å². The molecule has 1 heterocycles. The highest BCUT2D eigenvalue weighted by Crippen LogP contribution is 2.56. The Hall–Kier alpha value is -2.70. The number of fused-ring (bicyclic) bond motifs is 5. The molecule has 3 aliphatic rings. The Labute approximate surface area is 144 Å². The van der Waals surface area contributed by atoms with E-state index < -0.39 is 11.9 Å². The summed E-state index contributed by atoms with van der Waals surface area (Å²) in [5, 5.41) is 11.5. The molecule has 4 rings (SSSR count). The van der Waals surface area contributed by atoms with Gasteiger partial charge in [0.15, 0.2) is 0 Å². The molecule has 4 atom stereocenters. The van der Waals surface area contributed by atoms with Gasteiger partial charge < -0.3 is 10.4 Å². The molecule has 2 bridgehead atoms.